The molecule has 0 aliphatic carbocycles. The highest BCUT2D eigenvalue weighted by Crippen LogP contribution is 2.33. The number of nitrogens with zero attached hydrogens (tertiary/aromatic N) is 2. The zero-order chi connectivity index (χ0) is 16.4. The molecule has 23 heavy (non-hydrogen) atoms. The van der Waals surface area contributed by atoms with Gasteiger partial charge in [0.2, 0.25) is 0 Å². The van der Waals surface area contributed by atoms with E-state index in [9.17, 15) is 5.26 Å². The van der Waals surface area contributed by atoms with Crippen LogP contribution in [0.15, 0.2) is 59.1 Å². The van der Waals surface area contributed by atoms with Gasteiger partial charge in [0, 0.05) is 15.6 Å². The maximum atomic E-state index is 9.46. The summed E-state index contributed by atoms with van der Waals surface area (Å²) in [5.41, 5.74) is 11.1. The summed E-state index contributed by atoms with van der Waals surface area (Å²) in [5, 5.41) is 9.46. The first kappa shape index (κ1) is 15.3. The van der Waals surface area contributed by atoms with Gasteiger partial charge >= 0.3 is 0 Å². The first-order chi connectivity index (χ1) is 11.1. The van der Waals surface area contributed by atoms with Crippen LogP contribution in [0, 0.1) is 18.3 Å². The molecule has 0 amide bonds. The summed E-state index contributed by atoms with van der Waals surface area (Å²) in [4.78, 5) is 4.43. The number of nitrogens with two attached hydrogens (primary N) is 1. The molecule has 112 valence electrons. The summed E-state index contributed by atoms with van der Waals surface area (Å²) in [6.45, 7) is 2.03. The highest BCUT2D eigenvalue weighted by atomic mass is 79.9. The Balaban J connectivity index is 2.27. The van der Waals surface area contributed by atoms with Gasteiger partial charge in [-0.25, -0.2) is 4.98 Å². The molecule has 4 heteroatoms. The van der Waals surface area contributed by atoms with Crippen LogP contribution in [0.4, 0.5) is 5.82 Å². The third-order valence-electron chi connectivity index (χ3n) is 3.72. The molecule has 0 radical (unpaired) electrons. The molecule has 0 saturated carbocycles. The van der Waals surface area contributed by atoms with Gasteiger partial charge in [0.25, 0.3) is 0 Å². The fourth-order valence-electron chi connectivity index (χ4n) is 2.56. The monoisotopic (exact) mass is 363 g/mol. The third-order valence-corrected chi connectivity index (χ3v) is 4.21. The Morgan fingerprint density at radius 3 is 2.52 bits per heavy atom. The summed E-state index contributed by atoms with van der Waals surface area (Å²) in [6.07, 6.45) is 0. The Bertz CT molecular complexity index is 926. The molecule has 0 fully saturated rings. The summed E-state index contributed by atoms with van der Waals surface area (Å²) in [7, 11) is 0. The molecule has 0 saturated heterocycles. The zero-order valence-corrected chi connectivity index (χ0v) is 14.1. The van der Waals surface area contributed by atoms with Crippen molar-refractivity contribution in [1.82, 2.24) is 4.98 Å². The lowest BCUT2D eigenvalue weighted by molar-refractivity contribution is 1.29. The number of aromatic nitrogens is 1. The second-order valence-corrected chi connectivity index (χ2v) is 6.17. The maximum Gasteiger partial charge on any atom is 0.142 e. The fourth-order valence-corrected chi connectivity index (χ4v) is 2.96. The summed E-state index contributed by atoms with van der Waals surface area (Å²) in [6, 6.07) is 19.9. The maximum absolute atomic E-state index is 9.46. The normalized spacial score (nSPS) is 10.3. The average molecular weight is 364 g/mol. The van der Waals surface area contributed by atoms with Crippen molar-refractivity contribution in [2.24, 2.45) is 0 Å². The van der Waals surface area contributed by atoms with Crippen LogP contribution in [0.5, 0.6) is 0 Å². The standard InChI is InChI=1S/C19H14BrN3/c1-12-5-2-3-8-15(12)18-10-16(17(11-21)19(22)23-18)13-6-4-7-14(20)9-13/h2-10H,1H3,(H2,22,23). The molecule has 0 bridgehead atoms. The highest BCUT2D eigenvalue weighted by molar-refractivity contribution is 9.10. The molecule has 3 rings (SSSR count). The van der Waals surface area contributed by atoms with Crippen molar-refractivity contribution < 1.29 is 0 Å². The number of hydrogen-bond acceptors (Lipinski definition) is 3. The van der Waals surface area contributed by atoms with Crippen molar-refractivity contribution in [1.29, 1.82) is 5.26 Å². The number of hydrogen-bond donors (Lipinski definition) is 1. The molecule has 0 unspecified atom stereocenters. The van der Waals surface area contributed by atoms with E-state index in [1.54, 1.807) is 0 Å². The number of anilines is 1. The first-order valence-electron chi connectivity index (χ1n) is 7.12. The van der Waals surface area contributed by atoms with Gasteiger partial charge in [-0.3, -0.25) is 0 Å². The molecule has 0 spiro atoms. The van der Waals surface area contributed by atoms with Crippen LogP contribution < -0.4 is 5.73 Å². The van der Waals surface area contributed by atoms with Crippen molar-refractivity contribution >= 4 is 21.7 Å². The second-order valence-electron chi connectivity index (χ2n) is 5.25. The van der Waals surface area contributed by atoms with Crippen molar-refractivity contribution in [2.75, 3.05) is 5.73 Å². The summed E-state index contributed by atoms with van der Waals surface area (Å²) < 4.78 is 0.951. The fraction of sp³-hybridized carbons (Fsp3) is 0.0526. The van der Waals surface area contributed by atoms with E-state index in [4.69, 9.17) is 5.73 Å². The van der Waals surface area contributed by atoms with Crippen LogP contribution in [-0.2, 0) is 0 Å². The number of nitrogen functional groups attached to an aromatic ring is 1. The molecule has 0 aliphatic rings. The molecule has 3 nitrogen and oxygen atoms in total. The Hall–Kier alpha value is -2.64. The summed E-state index contributed by atoms with van der Waals surface area (Å²) in [5.74, 6) is 0.253. The topological polar surface area (TPSA) is 62.7 Å². The Morgan fingerprint density at radius 2 is 1.83 bits per heavy atom. The van der Waals surface area contributed by atoms with Gasteiger partial charge in [-0.1, -0.05) is 52.3 Å². The Labute approximate surface area is 143 Å². The molecule has 2 N–H and O–H groups in total. The molecule has 3 aromatic rings. The summed E-state index contributed by atoms with van der Waals surface area (Å²) >= 11 is 3.47. The number of rotatable bonds is 2. The van der Waals surface area contributed by atoms with Gasteiger partial charge in [0.1, 0.15) is 17.5 Å². The molecule has 1 aromatic heterocycles. The number of aryl methyl sites for hydroxylation is 1. The lowest BCUT2D eigenvalue weighted by atomic mass is 9.97. The Morgan fingerprint density at radius 1 is 1.04 bits per heavy atom. The minimum absolute atomic E-state index is 0.253. The van der Waals surface area contributed by atoms with E-state index in [1.807, 2.05) is 61.5 Å². The molecule has 0 atom stereocenters. The minimum atomic E-state index is 0.253. The lowest BCUT2D eigenvalue weighted by Gasteiger charge is -2.12. The van der Waals surface area contributed by atoms with Gasteiger partial charge in [-0.05, 0) is 36.2 Å². The predicted octanol–water partition coefficient (Wildman–Crippen LogP) is 4.94. The van der Waals surface area contributed by atoms with Crippen molar-refractivity contribution in [3.8, 4) is 28.5 Å². The predicted molar refractivity (Wildman–Crippen MR) is 96.7 cm³/mol. The Kier molecular flexibility index (Phi) is 4.14. The molecule has 2 aromatic carbocycles. The van der Waals surface area contributed by atoms with Crippen LogP contribution >= 0.6 is 15.9 Å². The SMILES string of the molecule is Cc1ccccc1-c1cc(-c2cccc(Br)c2)c(C#N)c(N)n1. The second kappa shape index (κ2) is 6.23. The zero-order valence-electron chi connectivity index (χ0n) is 12.5. The van der Waals surface area contributed by atoms with E-state index >= 15 is 0 Å². The van der Waals surface area contributed by atoms with Gasteiger partial charge in [-0.2, -0.15) is 5.26 Å². The van der Waals surface area contributed by atoms with Crippen LogP contribution in [0.2, 0.25) is 0 Å². The number of nitriles is 1. The van der Waals surface area contributed by atoms with E-state index < -0.39 is 0 Å². The van der Waals surface area contributed by atoms with Crippen LogP contribution in [0.3, 0.4) is 0 Å². The first-order valence-corrected chi connectivity index (χ1v) is 7.92. The highest BCUT2D eigenvalue weighted by Gasteiger charge is 2.14. The third kappa shape index (κ3) is 2.96. The smallest absolute Gasteiger partial charge is 0.142 e. The van der Waals surface area contributed by atoms with E-state index in [2.05, 4.69) is 27.0 Å². The molecular formula is C19H14BrN3. The molecular weight excluding hydrogens is 350 g/mol. The van der Waals surface area contributed by atoms with Gasteiger partial charge in [0.15, 0.2) is 0 Å². The number of halogens is 1. The van der Waals surface area contributed by atoms with E-state index in [-0.39, 0.29) is 5.82 Å². The largest absolute Gasteiger partial charge is 0.383 e. The number of pyridine rings is 1. The molecule has 1 heterocycles. The van der Waals surface area contributed by atoms with Gasteiger partial charge in [-0.15, -0.1) is 0 Å². The van der Waals surface area contributed by atoms with Crippen molar-refractivity contribution in [2.45, 2.75) is 6.92 Å². The van der Waals surface area contributed by atoms with Crippen LogP contribution in [0.25, 0.3) is 22.4 Å². The van der Waals surface area contributed by atoms with Gasteiger partial charge < -0.3 is 5.73 Å². The number of benzene rings is 2. The van der Waals surface area contributed by atoms with Crippen LogP contribution in [-0.4, -0.2) is 4.98 Å². The lowest BCUT2D eigenvalue weighted by Crippen LogP contribution is -2.00. The van der Waals surface area contributed by atoms with Crippen molar-refractivity contribution in [3.63, 3.8) is 0 Å². The van der Waals surface area contributed by atoms with Gasteiger partial charge in [0.05, 0.1) is 5.69 Å². The average Bonchev–Trinajstić information content (AvgIpc) is 2.54. The van der Waals surface area contributed by atoms with Crippen LogP contribution in [0.1, 0.15) is 11.1 Å². The van der Waals surface area contributed by atoms with Crippen molar-refractivity contribution in [3.05, 3.63) is 70.2 Å². The molecule has 0 aliphatic heterocycles. The van der Waals surface area contributed by atoms with E-state index in [1.165, 1.54) is 0 Å². The van der Waals surface area contributed by atoms with E-state index in [0.717, 1.165) is 32.4 Å². The quantitative estimate of drug-likeness (QED) is 0.701. The minimum Gasteiger partial charge on any atom is -0.383 e. The van der Waals surface area contributed by atoms with E-state index in [0.29, 0.717) is 5.56 Å².